The van der Waals surface area contributed by atoms with E-state index in [2.05, 4.69) is 0 Å². The van der Waals surface area contributed by atoms with Gasteiger partial charge in [-0.05, 0) is 19.1 Å². The first kappa shape index (κ1) is 20.0. The number of piperazine rings is 1. The van der Waals surface area contributed by atoms with E-state index < -0.39 is 0 Å². The van der Waals surface area contributed by atoms with E-state index in [0.29, 0.717) is 43.5 Å². The highest BCUT2D eigenvalue weighted by molar-refractivity contribution is 6.33. The second kappa shape index (κ2) is 9.43. The summed E-state index contributed by atoms with van der Waals surface area (Å²) in [5.74, 6) is -0.218. The van der Waals surface area contributed by atoms with E-state index in [9.17, 15) is 14.4 Å². The molecule has 0 aromatic heterocycles. The molecule has 0 bridgehead atoms. The largest absolute Gasteiger partial charge is 0.450 e. The van der Waals surface area contributed by atoms with Gasteiger partial charge in [0.1, 0.15) is 0 Å². The van der Waals surface area contributed by atoms with E-state index in [1.54, 1.807) is 41.0 Å². The second-order valence-electron chi connectivity index (χ2n) is 5.94. The van der Waals surface area contributed by atoms with Crippen molar-refractivity contribution in [1.82, 2.24) is 9.80 Å². The van der Waals surface area contributed by atoms with E-state index in [1.807, 2.05) is 0 Å². The lowest BCUT2D eigenvalue weighted by Crippen LogP contribution is -2.51. The van der Waals surface area contributed by atoms with Gasteiger partial charge in [0.05, 0.1) is 17.3 Å². The van der Waals surface area contributed by atoms with Crippen LogP contribution in [0.15, 0.2) is 24.3 Å². The predicted octanol–water partition coefficient (Wildman–Crippen LogP) is 2.38. The van der Waals surface area contributed by atoms with Gasteiger partial charge in [0.2, 0.25) is 11.8 Å². The van der Waals surface area contributed by atoms with Gasteiger partial charge in [0.15, 0.2) is 0 Å². The maximum Gasteiger partial charge on any atom is 0.409 e. The Kier molecular flexibility index (Phi) is 7.26. The van der Waals surface area contributed by atoms with Gasteiger partial charge < -0.3 is 19.4 Å². The minimum absolute atomic E-state index is 0.0492. The summed E-state index contributed by atoms with van der Waals surface area (Å²) in [5.41, 5.74) is 0.599. The summed E-state index contributed by atoms with van der Waals surface area (Å²) in [6.45, 7) is 5.63. The number of carbonyl (C=O) groups is 3. The number of benzene rings is 1. The highest BCUT2D eigenvalue weighted by Crippen LogP contribution is 2.25. The van der Waals surface area contributed by atoms with Crippen LogP contribution in [0.25, 0.3) is 0 Å². The zero-order valence-electron chi connectivity index (χ0n) is 15.1. The van der Waals surface area contributed by atoms with Gasteiger partial charge in [0.25, 0.3) is 0 Å². The molecular weight excluding hydrogens is 358 g/mol. The van der Waals surface area contributed by atoms with Crippen LogP contribution in [-0.2, 0) is 14.3 Å². The van der Waals surface area contributed by atoms with Crippen LogP contribution in [-0.4, -0.2) is 67.0 Å². The maximum absolute atomic E-state index is 12.5. The number of carbonyl (C=O) groups excluding carboxylic acids is 3. The molecule has 3 amide bonds. The summed E-state index contributed by atoms with van der Waals surface area (Å²) >= 11 is 6.16. The van der Waals surface area contributed by atoms with E-state index in [0.717, 1.165) is 0 Å². The summed E-state index contributed by atoms with van der Waals surface area (Å²) in [4.78, 5) is 40.9. The van der Waals surface area contributed by atoms with Gasteiger partial charge in [-0.3, -0.25) is 9.59 Å². The summed E-state index contributed by atoms with van der Waals surface area (Å²) < 4.78 is 4.97. The van der Waals surface area contributed by atoms with Crippen molar-refractivity contribution >= 4 is 35.2 Å². The van der Waals surface area contributed by atoms with Crippen LogP contribution in [0.3, 0.4) is 0 Å². The lowest BCUT2D eigenvalue weighted by molar-refractivity contribution is -0.132. The van der Waals surface area contributed by atoms with Gasteiger partial charge in [0, 0.05) is 46.1 Å². The molecule has 0 spiro atoms. The standard InChI is InChI=1S/C18H24ClN3O4/c1-3-26-18(25)21-12-10-20(11-13-21)17(24)8-9-22(14(2)23)16-7-5-4-6-15(16)19/h4-7H,3,8-13H2,1-2H3. The van der Waals surface area contributed by atoms with Crippen molar-refractivity contribution in [2.45, 2.75) is 20.3 Å². The molecule has 0 atom stereocenters. The molecule has 8 heteroatoms. The van der Waals surface area contributed by atoms with Gasteiger partial charge in [-0.25, -0.2) is 4.79 Å². The molecule has 1 fully saturated rings. The Morgan fingerprint density at radius 1 is 1.12 bits per heavy atom. The van der Waals surface area contributed by atoms with Crippen LogP contribution in [0.2, 0.25) is 5.02 Å². The topological polar surface area (TPSA) is 70.2 Å². The van der Waals surface area contributed by atoms with E-state index >= 15 is 0 Å². The highest BCUT2D eigenvalue weighted by atomic mass is 35.5. The molecule has 26 heavy (non-hydrogen) atoms. The average molecular weight is 382 g/mol. The highest BCUT2D eigenvalue weighted by Gasteiger charge is 2.25. The summed E-state index contributed by atoms with van der Waals surface area (Å²) in [7, 11) is 0. The number of anilines is 1. The average Bonchev–Trinajstić information content (AvgIpc) is 2.63. The minimum atomic E-state index is -0.346. The molecule has 142 valence electrons. The molecule has 1 aromatic carbocycles. The quantitative estimate of drug-likeness (QED) is 0.785. The Morgan fingerprint density at radius 3 is 2.31 bits per heavy atom. The van der Waals surface area contributed by atoms with E-state index in [4.69, 9.17) is 16.3 Å². The third-order valence-corrected chi connectivity index (χ3v) is 4.55. The van der Waals surface area contributed by atoms with E-state index in [1.165, 1.54) is 11.8 Å². The van der Waals surface area contributed by atoms with Gasteiger partial charge in [-0.2, -0.15) is 0 Å². The van der Waals surface area contributed by atoms with Gasteiger partial charge in [-0.1, -0.05) is 23.7 Å². The zero-order chi connectivity index (χ0) is 19.1. The molecule has 1 heterocycles. The lowest BCUT2D eigenvalue weighted by atomic mass is 10.2. The van der Waals surface area contributed by atoms with Crippen molar-refractivity contribution in [3.05, 3.63) is 29.3 Å². The summed E-state index contributed by atoms with van der Waals surface area (Å²) in [6, 6.07) is 7.06. The van der Waals surface area contributed by atoms with Gasteiger partial charge in [-0.15, -0.1) is 0 Å². The van der Waals surface area contributed by atoms with Gasteiger partial charge >= 0.3 is 6.09 Å². The summed E-state index contributed by atoms with van der Waals surface area (Å²) in [5, 5.41) is 0.471. The first-order chi connectivity index (χ1) is 12.4. The first-order valence-electron chi connectivity index (χ1n) is 8.66. The van der Waals surface area contributed by atoms with Crippen LogP contribution < -0.4 is 4.90 Å². The fraction of sp³-hybridized carbons (Fsp3) is 0.500. The third kappa shape index (κ3) is 5.11. The number of para-hydroxylation sites is 1. The Bertz CT molecular complexity index is 660. The number of ether oxygens (including phenoxy) is 1. The third-order valence-electron chi connectivity index (χ3n) is 4.23. The first-order valence-corrected chi connectivity index (χ1v) is 9.04. The molecule has 7 nitrogen and oxygen atoms in total. The van der Waals surface area contributed by atoms with Crippen molar-refractivity contribution < 1.29 is 19.1 Å². The number of rotatable bonds is 5. The monoisotopic (exact) mass is 381 g/mol. The Labute approximate surface area is 158 Å². The lowest BCUT2D eigenvalue weighted by Gasteiger charge is -2.34. The Balaban J connectivity index is 1.89. The second-order valence-corrected chi connectivity index (χ2v) is 6.35. The number of hydrogen-bond acceptors (Lipinski definition) is 4. The van der Waals surface area contributed by atoms with Crippen molar-refractivity contribution in [3.8, 4) is 0 Å². The molecular formula is C18H24ClN3O4. The maximum atomic E-state index is 12.5. The molecule has 0 aliphatic carbocycles. The van der Waals surface area contributed by atoms with Crippen LogP contribution >= 0.6 is 11.6 Å². The number of hydrogen-bond donors (Lipinski definition) is 0. The molecule has 0 unspecified atom stereocenters. The normalized spacial score (nSPS) is 14.1. The molecule has 1 aliphatic rings. The molecule has 2 rings (SSSR count). The zero-order valence-corrected chi connectivity index (χ0v) is 15.9. The van der Waals surface area contributed by atoms with Crippen LogP contribution in [0.4, 0.5) is 10.5 Å². The van der Waals surface area contributed by atoms with E-state index in [-0.39, 0.29) is 30.9 Å². The molecule has 0 N–H and O–H groups in total. The Hall–Kier alpha value is -2.28. The fourth-order valence-electron chi connectivity index (χ4n) is 2.84. The SMILES string of the molecule is CCOC(=O)N1CCN(C(=O)CCN(C(C)=O)c2ccccc2Cl)CC1. The predicted molar refractivity (Wildman–Crippen MR) is 99.3 cm³/mol. The molecule has 0 radical (unpaired) electrons. The van der Waals surface area contributed by atoms with Crippen LogP contribution in [0.1, 0.15) is 20.3 Å². The number of amides is 3. The smallest absolute Gasteiger partial charge is 0.409 e. The van der Waals surface area contributed by atoms with Crippen LogP contribution in [0, 0.1) is 0 Å². The minimum Gasteiger partial charge on any atom is -0.450 e. The molecule has 0 saturated carbocycles. The molecule has 1 saturated heterocycles. The van der Waals surface area contributed by atoms with Crippen molar-refractivity contribution in [1.29, 1.82) is 0 Å². The fourth-order valence-corrected chi connectivity index (χ4v) is 3.07. The van der Waals surface area contributed by atoms with Crippen molar-refractivity contribution in [2.24, 2.45) is 0 Å². The molecule has 1 aliphatic heterocycles. The van der Waals surface area contributed by atoms with Crippen molar-refractivity contribution in [3.63, 3.8) is 0 Å². The number of halogens is 1. The Morgan fingerprint density at radius 2 is 1.73 bits per heavy atom. The molecule has 1 aromatic rings. The van der Waals surface area contributed by atoms with Crippen LogP contribution in [0.5, 0.6) is 0 Å². The van der Waals surface area contributed by atoms with Crippen molar-refractivity contribution in [2.75, 3.05) is 44.2 Å². The number of nitrogens with zero attached hydrogens (tertiary/aromatic N) is 3. The summed E-state index contributed by atoms with van der Waals surface area (Å²) in [6.07, 6.45) is -0.148.